The zero-order valence-corrected chi connectivity index (χ0v) is 13.0. The molecule has 1 aromatic heterocycles. The third-order valence-corrected chi connectivity index (χ3v) is 4.10. The largest absolute Gasteiger partial charge is 0.368 e. The molecule has 22 heavy (non-hydrogen) atoms. The van der Waals surface area contributed by atoms with Crippen molar-refractivity contribution in [2.75, 3.05) is 29.4 Å². The van der Waals surface area contributed by atoms with Crippen LogP contribution in [0.5, 0.6) is 0 Å². The van der Waals surface area contributed by atoms with E-state index in [1.165, 1.54) is 6.33 Å². The van der Waals surface area contributed by atoms with Gasteiger partial charge >= 0.3 is 0 Å². The van der Waals surface area contributed by atoms with Gasteiger partial charge in [0.15, 0.2) is 0 Å². The van der Waals surface area contributed by atoms with E-state index in [-0.39, 0.29) is 6.04 Å². The van der Waals surface area contributed by atoms with E-state index < -0.39 is 0 Å². The SMILES string of the molecule is C[C@@H]1CN(c2cccc(Cl)c2)CCN1c1cc(C#N)ncn1. The second-order valence-corrected chi connectivity index (χ2v) is 5.78. The molecule has 112 valence electrons. The van der Waals surface area contributed by atoms with Crippen molar-refractivity contribution in [1.29, 1.82) is 5.26 Å². The van der Waals surface area contributed by atoms with E-state index in [9.17, 15) is 0 Å². The molecule has 2 heterocycles. The number of rotatable bonds is 2. The highest BCUT2D eigenvalue weighted by Crippen LogP contribution is 2.24. The van der Waals surface area contributed by atoms with E-state index in [2.05, 4.69) is 38.8 Å². The summed E-state index contributed by atoms with van der Waals surface area (Å²) < 4.78 is 0. The van der Waals surface area contributed by atoms with Gasteiger partial charge in [0.2, 0.25) is 0 Å². The molecule has 5 nitrogen and oxygen atoms in total. The number of hydrogen-bond acceptors (Lipinski definition) is 5. The molecule has 1 fully saturated rings. The number of benzene rings is 1. The van der Waals surface area contributed by atoms with Gasteiger partial charge in [0, 0.05) is 42.5 Å². The van der Waals surface area contributed by atoms with Gasteiger partial charge in [-0.2, -0.15) is 5.26 Å². The minimum atomic E-state index is 0.286. The van der Waals surface area contributed by atoms with Gasteiger partial charge in [0.25, 0.3) is 0 Å². The van der Waals surface area contributed by atoms with Crippen LogP contribution in [0.1, 0.15) is 12.6 Å². The summed E-state index contributed by atoms with van der Waals surface area (Å²) in [5.74, 6) is 0.810. The molecule has 1 saturated heterocycles. The van der Waals surface area contributed by atoms with E-state index in [1.54, 1.807) is 6.07 Å². The Morgan fingerprint density at radius 3 is 2.86 bits per heavy atom. The molecular formula is C16H16ClN5. The van der Waals surface area contributed by atoms with Gasteiger partial charge < -0.3 is 9.80 Å². The van der Waals surface area contributed by atoms with E-state index in [0.717, 1.165) is 36.2 Å². The number of piperazine rings is 1. The molecule has 0 saturated carbocycles. The van der Waals surface area contributed by atoms with Crippen LogP contribution in [0.25, 0.3) is 0 Å². The first-order valence-electron chi connectivity index (χ1n) is 7.16. The summed E-state index contributed by atoms with van der Waals surface area (Å²) in [6.07, 6.45) is 1.45. The third-order valence-electron chi connectivity index (χ3n) is 3.86. The maximum atomic E-state index is 8.96. The molecule has 1 aliphatic heterocycles. The first kappa shape index (κ1) is 14.6. The molecular weight excluding hydrogens is 298 g/mol. The minimum Gasteiger partial charge on any atom is -0.368 e. The van der Waals surface area contributed by atoms with Gasteiger partial charge in [-0.25, -0.2) is 9.97 Å². The summed E-state index contributed by atoms with van der Waals surface area (Å²) in [5, 5.41) is 9.72. The van der Waals surface area contributed by atoms with Crippen LogP contribution < -0.4 is 9.80 Å². The Bertz CT molecular complexity index is 712. The van der Waals surface area contributed by atoms with Crippen molar-refractivity contribution < 1.29 is 0 Å². The summed E-state index contributed by atoms with van der Waals surface area (Å²) in [6.45, 7) is 4.77. The molecule has 1 aromatic carbocycles. The van der Waals surface area contributed by atoms with Crippen molar-refractivity contribution in [3.63, 3.8) is 0 Å². The Labute approximate surface area is 134 Å². The fraction of sp³-hybridized carbons (Fsp3) is 0.312. The van der Waals surface area contributed by atoms with Crippen LogP contribution in [-0.2, 0) is 0 Å². The van der Waals surface area contributed by atoms with Crippen LogP contribution in [0.3, 0.4) is 0 Å². The van der Waals surface area contributed by atoms with Crippen molar-refractivity contribution in [2.24, 2.45) is 0 Å². The molecule has 3 rings (SSSR count). The maximum Gasteiger partial charge on any atom is 0.145 e. The van der Waals surface area contributed by atoms with Crippen LogP contribution in [0.2, 0.25) is 5.02 Å². The van der Waals surface area contributed by atoms with Gasteiger partial charge in [-0.15, -0.1) is 0 Å². The Morgan fingerprint density at radius 2 is 2.14 bits per heavy atom. The quantitative estimate of drug-likeness (QED) is 0.853. The molecule has 0 aliphatic carbocycles. The smallest absolute Gasteiger partial charge is 0.145 e. The highest BCUT2D eigenvalue weighted by atomic mass is 35.5. The van der Waals surface area contributed by atoms with Crippen LogP contribution in [0, 0.1) is 11.3 Å². The molecule has 0 amide bonds. The van der Waals surface area contributed by atoms with Crippen molar-refractivity contribution in [3.05, 3.63) is 47.4 Å². The first-order valence-corrected chi connectivity index (χ1v) is 7.54. The third kappa shape index (κ3) is 2.97. The van der Waals surface area contributed by atoms with Gasteiger partial charge in [-0.1, -0.05) is 17.7 Å². The molecule has 0 bridgehead atoms. The second kappa shape index (κ2) is 6.20. The van der Waals surface area contributed by atoms with Gasteiger partial charge in [-0.3, -0.25) is 0 Å². The van der Waals surface area contributed by atoms with Crippen molar-refractivity contribution in [2.45, 2.75) is 13.0 Å². The fourth-order valence-corrected chi connectivity index (χ4v) is 2.96. The monoisotopic (exact) mass is 313 g/mol. The van der Waals surface area contributed by atoms with Gasteiger partial charge in [0.1, 0.15) is 23.9 Å². The summed E-state index contributed by atoms with van der Waals surface area (Å²) in [6, 6.07) is 12.0. The Hall–Kier alpha value is -2.32. The van der Waals surface area contributed by atoms with Crippen LogP contribution in [-0.4, -0.2) is 35.6 Å². The minimum absolute atomic E-state index is 0.286. The molecule has 1 aliphatic rings. The zero-order chi connectivity index (χ0) is 15.5. The molecule has 0 N–H and O–H groups in total. The lowest BCUT2D eigenvalue weighted by atomic mass is 10.1. The molecule has 6 heteroatoms. The maximum absolute atomic E-state index is 8.96. The lowest BCUT2D eigenvalue weighted by Crippen LogP contribution is -2.52. The van der Waals surface area contributed by atoms with E-state index in [0.29, 0.717) is 5.69 Å². The summed E-state index contributed by atoms with van der Waals surface area (Å²) in [5.41, 5.74) is 1.54. The first-order chi connectivity index (χ1) is 10.7. The summed E-state index contributed by atoms with van der Waals surface area (Å²) >= 11 is 6.07. The molecule has 0 unspecified atom stereocenters. The van der Waals surface area contributed by atoms with Crippen LogP contribution in [0.4, 0.5) is 11.5 Å². The van der Waals surface area contributed by atoms with Crippen LogP contribution >= 0.6 is 11.6 Å². The zero-order valence-electron chi connectivity index (χ0n) is 12.3. The number of nitriles is 1. The van der Waals surface area contributed by atoms with Crippen molar-refractivity contribution in [1.82, 2.24) is 9.97 Å². The topological polar surface area (TPSA) is 56.0 Å². The second-order valence-electron chi connectivity index (χ2n) is 5.34. The standard InChI is InChI=1S/C16H16ClN5/c1-12-10-21(15-4-2-3-13(17)7-15)5-6-22(12)16-8-14(9-18)19-11-20-16/h2-4,7-8,11-12H,5-6,10H2,1H3/t12-/m1/s1. The Morgan fingerprint density at radius 1 is 1.27 bits per heavy atom. The molecule has 0 spiro atoms. The summed E-state index contributed by atoms with van der Waals surface area (Å²) in [4.78, 5) is 12.8. The fourth-order valence-electron chi connectivity index (χ4n) is 2.77. The Balaban J connectivity index is 1.76. The van der Waals surface area contributed by atoms with E-state index in [1.807, 2.05) is 18.2 Å². The molecule has 1 atom stereocenters. The molecule has 0 radical (unpaired) electrons. The predicted molar refractivity (Wildman–Crippen MR) is 87.2 cm³/mol. The van der Waals surface area contributed by atoms with E-state index >= 15 is 0 Å². The highest BCUT2D eigenvalue weighted by Gasteiger charge is 2.25. The predicted octanol–water partition coefficient (Wildman–Crippen LogP) is 2.72. The number of nitrogens with zero attached hydrogens (tertiary/aromatic N) is 5. The number of anilines is 2. The number of halogens is 1. The lowest BCUT2D eigenvalue weighted by molar-refractivity contribution is 0.545. The lowest BCUT2D eigenvalue weighted by Gasteiger charge is -2.41. The van der Waals surface area contributed by atoms with E-state index in [4.69, 9.17) is 16.9 Å². The van der Waals surface area contributed by atoms with Crippen molar-refractivity contribution >= 4 is 23.1 Å². The molecule has 2 aromatic rings. The average Bonchev–Trinajstić information content (AvgIpc) is 2.55. The Kier molecular flexibility index (Phi) is 4.12. The summed E-state index contributed by atoms with van der Waals surface area (Å²) in [7, 11) is 0. The average molecular weight is 314 g/mol. The number of aromatic nitrogens is 2. The van der Waals surface area contributed by atoms with Crippen molar-refractivity contribution in [3.8, 4) is 6.07 Å². The highest BCUT2D eigenvalue weighted by molar-refractivity contribution is 6.30. The van der Waals surface area contributed by atoms with Gasteiger partial charge in [0.05, 0.1) is 0 Å². The number of hydrogen-bond donors (Lipinski definition) is 0. The van der Waals surface area contributed by atoms with Gasteiger partial charge in [-0.05, 0) is 25.1 Å². The van der Waals surface area contributed by atoms with Crippen LogP contribution in [0.15, 0.2) is 36.7 Å². The normalized spacial score (nSPS) is 18.1.